The first kappa shape index (κ1) is 13.5. The molecule has 1 aliphatic rings. The van der Waals surface area contributed by atoms with Gasteiger partial charge in [0, 0.05) is 32.7 Å². The maximum Gasteiger partial charge on any atom is 0.278 e. The number of hydrogen-bond acceptors (Lipinski definition) is 4. The van der Waals surface area contributed by atoms with Crippen molar-refractivity contribution in [2.75, 3.05) is 32.1 Å². The first-order chi connectivity index (χ1) is 8.53. The van der Waals surface area contributed by atoms with Crippen molar-refractivity contribution >= 4 is 10.1 Å². The summed E-state index contributed by atoms with van der Waals surface area (Å²) in [6, 6.07) is 10.2. The van der Waals surface area contributed by atoms with Crippen molar-refractivity contribution in [2.24, 2.45) is 0 Å². The lowest BCUT2D eigenvalue weighted by atomic mass is 10.2. The van der Waals surface area contributed by atoms with Gasteiger partial charge in [-0.2, -0.15) is 8.42 Å². The summed E-state index contributed by atoms with van der Waals surface area (Å²) in [4.78, 5) is 4.05. The van der Waals surface area contributed by atoms with Crippen LogP contribution in [-0.4, -0.2) is 54.8 Å². The molecule has 100 valence electrons. The smallest absolute Gasteiger partial charge is 0.278 e. The quantitative estimate of drug-likeness (QED) is 0.814. The summed E-state index contributed by atoms with van der Waals surface area (Å²) < 4.78 is 30.3. The SMILES string of the molecule is O=S(=O)(O)CN1CCN(Cc2ccccc2)CC1. The van der Waals surface area contributed by atoms with E-state index in [0.29, 0.717) is 13.1 Å². The fourth-order valence-electron chi connectivity index (χ4n) is 2.15. The molecule has 1 aromatic carbocycles. The molecule has 18 heavy (non-hydrogen) atoms. The summed E-state index contributed by atoms with van der Waals surface area (Å²) in [5, 5.41) is 0. The van der Waals surface area contributed by atoms with Crippen molar-refractivity contribution in [1.29, 1.82) is 0 Å². The maximum absolute atomic E-state index is 10.8. The van der Waals surface area contributed by atoms with Crippen LogP contribution in [0.3, 0.4) is 0 Å². The molecule has 1 aromatic rings. The maximum atomic E-state index is 10.8. The van der Waals surface area contributed by atoms with Crippen LogP contribution >= 0.6 is 0 Å². The molecule has 0 spiro atoms. The number of piperazine rings is 1. The second-order valence-electron chi connectivity index (χ2n) is 4.59. The van der Waals surface area contributed by atoms with Gasteiger partial charge in [-0.05, 0) is 5.56 Å². The fourth-order valence-corrected chi connectivity index (χ4v) is 2.87. The van der Waals surface area contributed by atoms with E-state index < -0.39 is 10.1 Å². The Bertz CT molecular complexity index is 467. The topological polar surface area (TPSA) is 60.9 Å². The second kappa shape index (κ2) is 5.79. The number of benzene rings is 1. The normalized spacial score (nSPS) is 18.9. The van der Waals surface area contributed by atoms with Gasteiger partial charge in [-0.15, -0.1) is 0 Å². The first-order valence-electron chi connectivity index (χ1n) is 5.97. The van der Waals surface area contributed by atoms with Crippen LogP contribution in [0.1, 0.15) is 5.56 Å². The summed E-state index contributed by atoms with van der Waals surface area (Å²) in [6.07, 6.45) is 0. The standard InChI is InChI=1S/C12H18N2O3S/c15-18(16,17)11-14-8-6-13(7-9-14)10-12-4-2-1-3-5-12/h1-5H,6-11H2,(H,15,16,17). The van der Waals surface area contributed by atoms with Crippen LogP contribution in [-0.2, 0) is 16.7 Å². The first-order valence-corrected chi connectivity index (χ1v) is 7.58. The molecule has 1 aliphatic heterocycles. The van der Waals surface area contributed by atoms with Crippen LogP contribution in [0.15, 0.2) is 30.3 Å². The van der Waals surface area contributed by atoms with Gasteiger partial charge in [-0.1, -0.05) is 30.3 Å². The van der Waals surface area contributed by atoms with Gasteiger partial charge < -0.3 is 0 Å². The Morgan fingerprint density at radius 2 is 1.56 bits per heavy atom. The second-order valence-corrected chi connectivity index (χ2v) is 6.01. The average molecular weight is 270 g/mol. The van der Waals surface area contributed by atoms with E-state index in [1.54, 1.807) is 4.90 Å². The molecule has 0 amide bonds. The van der Waals surface area contributed by atoms with Crippen molar-refractivity contribution in [3.05, 3.63) is 35.9 Å². The zero-order valence-corrected chi connectivity index (χ0v) is 11.0. The van der Waals surface area contributed by atoms with E-state index in [-0.39, 0.29) is 5.88 Å². The summed E-state index contributed by atoms with van der Waals surface area (Å²) >= 11 is 0. The van der Waals surface area contributed by atoms with Gasteiger partial charge in [0.1, 0.15) is 5.88 Å². The molecule has 1 heterocycles. The third-order valence-corrected chi connectivity index (χ3v) is 3.75. The molecule has 5 nitrogen and oxygen atoms in total. The highest BCUT2D eigenvalue weighted by Gasteiger charge is 2.20. The molecule has 2 rings (SSSR count). The number of rotatable bonds is 4. The Morgan fingerprint density at radius 1 is 1.00 bits per heavy atom. The molecule has 0 saturated carbocycles. The third-order valence-electron chi connectivity index (χ3n) is 3.06. The molecular formula is C12H18N2O3S. The van der Waals surface area contributed by atoms with E-state index in [4.69, 9.17) is 4.55 Å². The fraction of sp³-hybridized carbons (Fsp3) is 0.500. The summed E-state index contributed by atoms with van der Waals surface area (Å²) in [5.41, 5.74) is 1.26. The van der Waals surface area contributed by atoms with E-state index in [1.807, 2.05) is 18.2 Å². The van der Waals surface area contributed by atoms with Gasteiger partial charge in [-0.25, -0.2) is 0 Å². The molecule has 6 heteroatoms. The Hall–Kier alpha value is -0.950. The zero-order chi connectivity index (χ0) is 13.0. The van der Waals surface area contributed by atoms with E-state index in [0.717, 1.165) is 19.6 Å². The van der Waals surface area contributed by atoms with Crippen LogP contribution < -0.4 is 0 Å². The van der Waals surface area contributed by atoms with Crippen molar-refractivity contribution in [3.63, 3.8) is 0 Å². The molecule has 0 unspecified atom stereocenters. The monoisotopic (exact) mass is 270 g/mol. The highest BCUT2D eigenvalue weighted by atomic mass is 32.2. The molecule has 1 N–H and O–H groups in total. The minimum atomic E-state index is -3.89. The Labute approximate surface area is 108 Å². The minimum Gasteiger partial charge on any atom is -0.297 e. The zero-order valence-electron chi connectivity index (χ0n) is 10.2. The van der Waals surface area contributed by atoms with Gasteiger partial charge in [0.05, 0.1) is 0 Å². The van der Waals surface area contributed by atoms with Crippen LogP contribution in [0.2, 0.25) is 0 Å². The molecule has 0 radical (unpaired) electrons. The van der Waals surface area contributed by atoms with Crippen molar-refractivity contribution < 1.29 is 13.0 Å². The predicted octanol–water partition coefficient (Wildman–Crippen LogP) is 0.649. The van der Waals surface area contributed by atoms with Crippen molar-refractivity contribution in [2.45, 2.75) is 6.54 Å². The van der Waals surface area contributed by atoms with Crippen LogP contribution in [0.5, 0.6) is 0 Å². The molecule has 0 aliphatic carbocycles. The average Bonchev–Trinajstić information content (AvgIpc) is 2.31. The minimum absolute atomic E-state index is 0.258. The summed E-state index contributed by atoms with van der Waals surface area (Å²) in [6.45, 7) is 3.88. The largest absolute Gasteiger partial charge is 0.297 e. The molecule has 1 saturated heterocycles. The van der Waals surface area contributed by atoms with Gasteiger partial charge >= 0.3 is 0 Å². The lowest BCUT2D eigenvalue weighted by molar-refractivity contribution is 0.140. The van der Waals surface area contributed by atoms with Crippen LogP contribution in [0.4, 0.5) is 0 Å². The number of hydrogen-bond donors (Lipinski definition) is 1. The number of nitrogens with zero attached hydrogens (tertiary/aromatic N) is 2. The third kappa shape index (κ3) is 4.38. The van der Waals surface area contributed by atoms with Crippen molar-refractivity contribution in [3.8, 4) is 0 Å². The predicted molar refractivity (Wildman–Crippen MR) is 69.7 cm³/mol. The van der Waals surface area contributed by atoms with Crippen LogP contribution in [0.25, 0.3) is 0 Å². The van der Waals surface area contributed by atoms with Crippen molar-refractivity contribution in [1.82, 2.24) is 9.80 Å². The van der Waals surface area contributed by atoms with E-state index >= 15 is 0 Å². The Morgan fingerprint density at radius 3 is 2.11 bits per heavy atom. The van der Waals surface area contributed by atoms with Gasteiger partial charge in [0.2, 0.25) is 0 Å². The molecular weight excluding hydrogens is 252 g/mol. The lowest BCUT2D eigenvalue weighted by Crippen LogP contribution is -2.47. The van der Waals surface area contributed by atoms with E-state index in [2.05, 4.69) is 17.0 Å². The van der Waals surface area contributed by atoms with E-state index in [1.165, 1.54) is 5.56 Å². The van der Waals surface area contributed by atoms with Gasteiger partial charge in [0.15, 0.2) is 0 Å². The summed E-state index contributed by atoms with van der Waals surface area (Å²) in [5.74, 6) is -0.258. The van der Waals surface area contributed by atoms with Crippen LogP contribution in [0, 0.1) is 0 Å². The Kier molecular flexibility index (Phi) is 4.34. The Balaban J connectivity index is 1.80. The highest BCUT2D eigenvalue weighted by Crippen LogP contribution is 2.08. The lowest BCUT2D eigenvalue weighted by Gasteiger charge is -2.33. The van der Waals surface area contributed by atoms with E-state index in [9.17, 15) is 8.42 Å². The molecule has 1 fully saturated rings. The van der Waals surface area contributed by atoms with Gasteiger partial charge in [0.25, 0.3) is 10.1 Å². The molecule has 0 atom stereocenters. The highest BCUT2D eigenvalue weighted by molar-refractivity contribution is 7.85. The molecule has 0 bridgehead atoms. The summed E-state index contributed by atoms with van der Waals surface area (Å²) in [7, 11) is -3.89. The molecule has 0 aromatic heterocycles. The van der Waals surface area contributed by atoms with Gasteiger partial charge in [-0.3, -0.25) is 14.4 Å².